The number of carbonyl (C=O) groups is 1. The van der Waals surface area contributed by atoms with Crippen molar-refractivity contribution < 1.29 is 9.53 Å². The fraction of sp³-hybridized carbons (Fsp3) is 0.350. The van der Waals surface area contributed by atoms with E-state index >= 15 is 0 Å². The molecule has 1 amide bonds. The number of rotatable bonds is 8. The average molecular weight is 395 g/mol. The van der Waals surface area contributed by atoms with Gasteiger partial charge < -0.3 is 15.8 Å². The summed E-state index contributed by atoms with van der Waals surface area (Å²) < 4.78 is 5.12. The molecule has 0 saturated heterocycles. The van der Waals surface area contributed by atoms with Crippen LogP contribution in [0.5, 0.6) is 5.75 Å². The van der Waals surface area contributed by atoms with Gasteiger partial charge in [-0.25, -0.2) is 0 Å². The maximum Gasteiger partial charge on any atom is 0.230 e. The number of nitrogens with two attached hydrogens (primary N) is 1. The second-order valence-electron chi connectivity index (χ2n) is 6.20. The smallest absolute Gasteiger partial charge is 0.230 e. The number of hydrogen-bond acceptors (Lipinski definition) is 4. The lowest BCUT2D eigenvalue weighted by atomic mass is 9.99. The van der Waals surface area contributed by atoms with Gasteiger partial charge in [-0.2, -0.15) is 0 Å². The highest BCUT2D eigenvalue weighted by Gasteiger charge is 2.09. The molecule has 142 valence electrons. The van der Waals surface area contributed by atoms with Crippen molar-refractivity contribution in [1.82, 2.24) is 5.32 Å². The van der Waals surface area contributed by atoms with Crippen LogP contribution in [0.1, 0.15) is 36.9 Å². The van der Waals surface area contributed by atoms with Crippen LogP contribution in [0, 0.1) is 0 Å². The van der Waals surface area contributed by atoms with E-state index in [9.17, 15) is 4.79 Å². The number of benzene rings is 2. The summed E-state index contributed by atoms with van der Waals surface area (Å²) in [6, 6.07) is 15.7. The van der Waals surface area contributed by atoms with Crippen molar-refractivity contribution in [3.8, 4) is 5.75 Å². The van der Waals surface area contributed by atoms with E-state index in [1.54, 1.807) is 7.11 Å². The molecule has 26 heavy (non-hydrogen) atoms. The van der Waals surface area contributed by atoms with Gasteiger partial charge in [-0.15, -0.1) is 24.2 Å². The summed E-state index contributed by atoms with van der Waals surface area (Å²) in [5.41, 5.74) is 8.50. The third kappa shape index (κ3) is 6.90. The molecule has 3 N–H and O–H groups in total. The van der Waals surface area contributed by atoms with Crippen LogP contribution in [0.25, 0.3) is 0 Å². The van der Waals surface area contributed by atoms with Crippen LogP contribution in [-0.4, -0.2) is 25.3 Å². The number of carbonyl (C=O) groups excluding carboxylic acids is 1. The standard InChI is InChI=1S/C20H26N2O2S.ClH/c1-14(2)15-4-6-16(7-5-15)19(21)12-22-20(23)13-25-18-10-8-17(24-3)9-11-18;/h4-11,14,19H,12-13,21H2,1-3H3,(H,22,23);1H. The molecule has 0 aliphatic carbocycles. The molecule has 2 aromatic rings. The summed E-state index contributed by atoms with van der Waals surface area (Å²) in [7, 11) is 1.63. The Kier molecular flexibility index (Phi) is 9.55. The summed E-state index contributed by atoms with van der Waals surface area (Å²) in [4.78, 5) is 13.0. The van der Waals surface area contributed by atoms with Crippen LogP contribution in [0.4, 0.5) is 0 Å². The Morgan fingerprint density at radius 3 is 2.19 bits per heavy atom. The summed E-state index contributed by atoms with van der Waals surface area (Å²) in [5.74, 6) is 1.66. The number of hydrogen-bond donors (Lipinski definition) is 2. The van der Waals surface area contributed by atoms with Crippen molar-refractivity contribution in [2.45, 2.75) is 30.7 Å². The van der Waals surface area contributed by atoms with E-state index < -0.39 is 0 Å². The molecule has 2 rings (SSSR count). The molecule has 6 heteroatoms. The maximum atomic E-state index is 12.0. The third-order valence-corrected chi connectivity index (χ3v) is 4.99. The normalized spacial score (nSPS) is 11.6. The molecule has 0 saturated carbocycles. The van der Waals surface area contributed by atoms with E-state index in [4.69, 9.17) is 10.5 Å². The summed E-state index contributed by atoms with van der Waals surface area (Å²) >= 11 is 1.49. The Labute approximate surface area is 166 Å². The summed E-state index contributed by atoms with van der Waals surface area (Å²) in [6.07, 6.45) is 0. The van der Waals surface area contributed by atoms with Gasteiger partial charge in [0, 0.05) is 17.5 Å². The molecular weight excluding hydrogens is 368 g/mol. The first-order valence-electron chi connectivity index (χ1n) is 8.38. The second kappa shape index (κ2) is 11.1. The van der Waals surface area contributed by atoms with Gasteiger partial charge >= 0.3 is 0 Å². The van der Waals surface area contributed by atoms with Crippen molar-refractivity contribution in [3.05, 3.63) is 59.7 Å². The van der Waals surface area contributed by atoms with E-state index in [2.05, 4.69) is 31.3 Å². The van der Waals surface area contributed by atoms with Crippen molar-refractivity contribution >= 4 is 30.1 Å². The molecule has 0 fully saturated rings. The Morgan fingerprint density at radius 2 is 1.65 bits per heavy atom. The number of methoxy groups -OCH3 is 1. The van der Waals surface area contributed by atoms with Crippen LogP contribution in [0.15, 0.2) is 53.4 Å². The Balaban J connectivity index is 0.00000338. The molecule has 2 aromatic carbocycles. The quantitative estimate of drug-likeness (QED) is 0.660. The van der Waals surface area contributed by atoms with Gasteiger partial charge in [0.2, 0.25) is 5.91 Å². The molecule has 1 atom stereocenters. The van der Waals surface area contributed by atoms with Crippen molar-refractivity contribution in [2.24, 2.45) is 5.73 Å². The third-order valence-electron chi connectivity index (χ3n) is 3.98. The van der Waals surface area contributed by atoms with Crippen LogP contribution in [-0.2, 0) is 4.79 Å². The fourth-order valence-corrected chi connectivity index (χ4v) is 3.07. The molecule has 0 heterocycles. The van der Waals surface area contributed by atoms with Gasteiger partial charge in [-0.1, -0.05) is 38.1 Å². The van der Waals surface area contributed by atoms with Crippen molar-refractivity contribution in [3.63, 3.8) is 0 Å². The fourth-order valence-electron chi connectivity index (χ4n) is 2.34. The lowest BCUT2D eigenvalue weighted by Gasteiger charge is -2.14. The first-order chi connectivity index (χ1) is 12.0. The van der Waals surface area contributed by atoms with E-state index in [-0.39, 0.29) is 24.4 Å². The molecule has 0 aliphatic heterocycles. The Hall–Kier alpha value is -1.69. The van der Waals surface area contributed by atoms with Gasteiger partial charge in [0.15, 0.2) is 0 Å². The second-order valence-corrected chi connectivity index (χ2v) is 7.24. The maximum absolute atomic E-state index is 12.0. The highest BCUT2D eigenvalue weighted by Crippen LogP contribution is 2.21. The minimum atomic E-state index is -0.198. The van der Waals surface area contributed by atoms with E-state index in [1.165, 1.54) is 17.3 Å². The molecule has 0 bridgehead atoms. The molecule has 4 nitrogen and oxygen atoms in total. The van der Waals surface area contributed by atoms with Crippen LogP contribution in [0.3, 0.4) is 0 Å². The van der Waals surface area contributed by atoms with Crippen LogP contribution in [0.2, 0.25) is 0 Å². The van der Waals surface area contributed by atoms with Gasteiger partial charge in [0.1, 0.15) is 5.75 Å². The summed E-state index contributed by atoms with van der Waals surface area (Å²) in [6.45, 7) is 4.76. The van der Waals surface area contributed by atoms with Gasteiger partial charge in [-0.3, -0.25) is 4.79 Å². The SMILES string of the molecule is COc1ccc(SCC(=O)NCC(N)c2ccc(C(C)C)cc2)cc1.Cl. The zero-order valence-corrected chi connectivity index (χ0v) is 17.0. The molecular formula is C20H27ClN2O2S. The van der Waals surface area contributed by atoms with E-state index in [1.807, 2.05) is 36.4 Å². The zero-order valence-electron chi connectivity index (χ0n) is 15.4. The first-order valence-corrected chi connectivity index (χ1v) is 9.37. The zero-order chi connectivity index (χ0) is 18.2. The number of halogens is 1. The largest absolute Gasteiger partial charge is 0.497 e. The lowest BCUT2D eigenvalue weighted by Crippen LogP contribution is -2.33. The predicted molar refractivity (Wildman–Crippen MR) is 111 cm³/mol. The minimum absolute atomic E-state index is 0. The number of nitrogens with one attached hydrogen (secondary N) is 1. The highest BCUT2D eigenvalue weighted by molar-refractivity contribution is 8.00. The highest BCUT2D eigenvalue weighted by atomic mass is 35.5. The summed E-state index contributed by atoms with van der Waals surface area (Å²) in [5, 5.41) is 2.90. The van der Waals surface area contributed by atoms with Crippen LogP contribution < -0.4 is 15.8 Å². The van der Waals surface area contributed by atoms with Gasteiger partial charge in [0.25, 0.3) is 0 Å². The predicted octanol–water partition coefficient (Wildman–Crippen LogP) is 4.15. The number of thioether (sulfide) groups is 1. The Bertz CT molecular complexity index is 675. The van der Waals surface area contributed by atoms with Crippen molar-refractivity contribution in [1.29, 1.82) is 0 Å². The molecule has 0 aliphatic rings. The molecule has 1 unspecified atom stereocenters. The number of amides is 1. The van der Waals surface area contributed by atoms with Gasteiger partial charge in [0.05, 0.1) is 12.9 Å². The lowest BCUT2D eigenvalue weighted by molar-refractivity contribution is -0.118. The van der Waals surface area contributed by atoms with E-state index in [0.29, 0.717) is 18.2 Å². The number of ether oxygens (including phenoxy) is 1. The average Bonchev–Trinajstić information content (AvgIpc) is 2.64. The van der Waals surface area contributed by atoms with Gasteiger partial charge in [-0.05, 0) is 41.3 Å². The first kappa shape index (κ1) is 22.4. The minimum Gasteiger partial charge on any atom is -0.497 e. The van der Waals surface area contributed by atoms with E-state index in [0.717, 1.165) is 16.2 Å². The molecule has 0 aromatic heterocycles. The van der Waals surface area contributed by atoms with Crippen LogP contribution >= 0.6 is 24.2 Å². The molecule has 0 spiro atoms. The Morgan fingerprint density at radius 1 is 1.08 bits per heavy atom. The van der Waals surface area contributed by atoms with Crippen molar-refractivity contribution in [2.75, 3.05) is 19.4 Å². The molecule has 0 radical (unpaired) electrons. The topological polar surface area (TPSA) is 64.3 Å². The monoisotopic (exact) mass is 394 g/mol.